The number of nitrogens with one attached hydrogen (secondary N) is 1. The van der Waals surface area contributed by atoms with Crippen molar-refractivity contribution in [2.45, 2.75) is 59.2 Å². The Bertz CT molecular complexity index is 1360. The van der Waals surface area contributed by atoms with Crippen molar-refractivity contribution in [3.8, 4) is 0 Å². The van der Waals surface area contributed by atoms with E-state index >= 15 is 0 Å². The van der Waals surface area contributed by atoms with Gasteiger partial charge in [-0.25, -0.2) is 4.68 Å². The highest BCUT2D eigenvalue weighted by atomic mass is 16.2. The Morgan fingerprint density at radius 2 is 1.67 bits per heavy atom. The van der Waals surface area contributed by atoms with Crippen LogP contribution in [-0.2, 0) is 16.1 Å². The molecule has 4 rings (SSSR count). The quantitative estimate of drug-likeness (QED) is 0.397. The Labute approximate surface area is 211 Å². The Morgan fingerprint density at radius 3 is 2.33 bits per heavy atom. The minimum atomic E-state index is -0.902. The second-order valence-electron chi connectivity index (χ2n) is 9.65. The molecule has 8 heteroatoms. The number of carbonyl (C=O) groups excluding carboxylic acids is 2. The average Bonchev–Trinajstić information content (AvgIpc) is 3.26. The lowest BCUT2D eigenvalue weighted by Crippen LogP contribution is -2.51. The predicted octanol–water partition coefficient (Wildman–Crippen LogP) is 4.52. The number of carbonyl (C=O) groups is 2. The van der Waals surface area contributed by atoms with Gasteiger partial charge < -0.3 is 5.32 Å². The number of hydrogen-bond acceptors (Lipinski definition) is 5. The van der Waals surface area contributed by atoms with E-state index < -0.39 is 11.6 Å². The molecule has 0 spiro atoms. The van der Waals surface area contributed by atoms with Crippen LogP contribution in [0, 0.1) is 13.8 Å². The zero-order valence-corrected chi connectivity index (χ0v) is 21.4. The summed E-state index contributed by atoms with van der Waals surface area (Å²) in [6, 6.07) is 16.0. The molecule has 1 N–H and O–H groups in total. The van der Waals surface area contributed by atoms with Gasteiger partial charge in [0.05, 0.1) is 11.2 Å². The van der Waals surface area contributed by atoms with E-state index in [0.29, 0.717) is 16.8 Å². The maximum Gasteiger partial charge on any atom is 0.249 e. The van der Waals surface area contributed by atoms with E-state index in [1.165, 1.54) is 0 Å². The van der Waals surface area contributed by atoms with E-state index in [1.807, 2.05) is 77.1 Å². The summed E-state index contributed by atoms with van der Waals surface area (Å²) in [5, 5.41) is 11.6. The van der Waals surface area contributed by atoms with Crippen LogP contribution in [0.5, 0.6) is 0 Å². The number of hydrogen-bond donors (Lipinski definition) is 1. The standard InChI is InChI=1S/C28H32N6O2/c1-6-28(4,5)30-27(36)26(21-14-16-29-17-15-21)34(25-19(2)10-9-11-20(25)3)24(35)18-33-23-13-8-7-12-22(23)31-32-33/h7-17,26H,6,18H2,1-5H3,(H,30,36)/t26-/m1/s1. The summed E-state index contributed by atoms with van der Waals surface area (Å²) in [6.07, 6.45) is 4.02. The van der Waals surface area contributed by atoms with Gasteiger partial charge in [0, 0.05) is 17.9 Å². The Hall–Kier alpha value is -4.07. The maximum absolute atomic E-state index is 14.2. The highest BCUT2D eigenvalue weighted by molar-refractivity contribution is 6.02. The number of benzene rings is 2. The van der Waals surface area contributed by atoms with E-state index in [1.54, 1.807) is 34.1 Å². The molecule has 0 bridgehead atoms. The number of rotatable bonds is 8. The number of aromatic nitrogens is 4. The van der Waals surface area contributed by atoms with Gasteiger partial charge in [-0.15, -0.1) is 5.10 Å². The van der Waals surface area contributed by atoms with Crippen LogP contribution in [0.1, 0.15) is 49.9 Å². The normalized spacial score (nSPS) is 12.4. The maximum atomic E-state index is 14.2. The third kappa shape index (κ3) is 5.12. The molecule has 2 heterocycles. The average molecular weight is 485 g/mol. The molecule has 0 aliphatic heterocycles. The summed E-state index contributed by atoms with van der Waals surface area (Å²) in [7, 11) is 0. The van der Waals surface area contributed by atoms with E-state index in [4.69, 9.17) is 0 Å². The van der Waals surface area contributed by atoms with Crippen molar-refractivity contribution >= 4 is 28.5 Å². The zero-order chi connectivity index (χ0) is 25.9. The second-order valence-corrected chi connectivity index (χ2v) is 9.65. The lowest BCUT2D eigenvalue weighted by molar-refractivity contribution is -0.128. The number of fused-ring (bicyclic) bond motifs is 1. The van der Waals surface area contributed by atoms with Gasteiger partial charge in [0.25, 0.3) is 0 Å². The molecule has 2 amide bonds. The van der Waals surface area contributed by atoms with E-state index in [-0.39, 0.29) is 18.4 Å². The van der Waals surface area contributed by atoms with Gasteiger partial charge in [-0.3, -0.25) is 19.5 Å². The molecular formula is C28H32N6O2. The van der Waals surface area contributed by atoms with Crippen molar-refractivity contribution in [1.82, 2.24) is 25.3 Å². The monoisotopic (exact) mass is 484 g/mol. The topological polar surface area (TPSA) is 93.0 Å². The zero-order valence-electron chi connectivity index (χ0n) is 21.4. The van der Waals surface area contributed by atoms with Crippen molar-refractivity contribution in [2.24, 2.45) is 0 Å². The number of para-hydroxylation sites is 2. The van der Waals surface area contributed by atoms with Crippen LogP contribution in [-0.4, -0.2) is 37.3 Å². The molecule has 0 saturated carbocycles. The predicted molar refractivity (Wildman–Crippen MR) is 140 cm³/mol. The van der Waals surface area contributed by atoms with Crippen LogP contribution in [0.2, 0.25) is 0 Å². The largest absolute Gasteiger partial charge is 0.349 e. The van der Waals surface area contributed by atoms with Gasteiger partial charge in [0.15, 0.2) is 0 Å². The molecule has 1 atom stereocenters. The Morgan fingerprint density at radius 1 is 1.00 bits per heavy atom. The molecule has 8 nitrogen and oxygen atoms in total. The van der Waals surface area contributed by atoms with E-state index in [9.17, 15) is 9.59 Å². The Kier molecular flexibility index (Phi) is 7.15. The van der Waals surface area contributed by atoms with Crippen LogP contribution < -0.4 is 10.2 Å². The number of anilines is 1. The van der Waals surface area contributed by atoms with Crippen LogP contribution in [0.15, 0.2) is 67.0 Å². The van der Waals surface area contributed by atoms with Crippen LogP contribution in [0.4, 0.5) is 5.69 Å². The first-order valence-electron chi connectivity index (χ1n) is 12.1. The van der Waals surface area contributed by atoms with Crippen molar-refractivity contribution in [3.05, 3.63) is 83.7 Å². The minimum absolute atomic E-state index is 0.0691. The fourth-order valence-corrected chi connectivity index (χ4v) is 4.28. The van der Waals surface area contributed by atoms with E-state index in [2.05, 4.69) is 20.6 Å². The molecule has 4 aromatic rings. The molecule has 0 saturated heterocycles. The fraction of sp³-hybridized carbons (Fsp3) is 0.321. The number of amides is 2. The van der Waals surface area contributed by atoms with Gasteiger partial charge in [-0.05, 0) is 75.1 Å². The molecule has 0 fully saturated rings. The second kappa shape index (κ2) is 10.3. The summed E-state index contributed by atoms with van der Waals surface area (Å²) in [5.41, 5.74) is 4.19. The first-order chi connectivity index (χ1) is 17.2. The third-order valence-electron chi connectivity index (χ3n) is 6.53. The SMILES string of the molecule is CCC(C)(C)NC(=O)[C@@H](c1ccncc1)N(C(=O)Cn1nnc2ccccc21)c1c(C)cccc1C. The van der Waals surface area contributed by atoms with E-state index in [0.717, 1.165) is 23.1 Å². The molecule has 186 valence electrons. The fourth-order valence-electron chi connectivity index (χ4n) is 4.28. The summed E-state index contributed by atoms with van der Waals surface area (Å²) in [5.74, 6) is -0.526. The first-order valence-corrected chi connectivity index (χ1v) is 12.1. The van der Waals surface area contributed by atoms with Gasteiger partial charge in [-0.2, -0.15) is 0 Å². The molecule has 2 aromatic heterocycles. The number of pyridine rings is 1. The molecule has 0 aliphatic rings. The van der Waals surface area contributed by atoms with Crippen molar-refractivity contribution in [1.29, 1.82) is 0 Å². The molecule has 0 radical (unpaired) electrons. The van der Waals surface area contributed by atoms with Crippen molar-refractivity contribution in [3.63, 3.8) is 0 Å². The summed E-state index contributed by atoms with van der Waals surface area (Å²) >= 11 is 0. The highest BCUT2D eigenvalue weighted by Gasteiger charge is 2.36. The summed E-state index contributed by atoms with van der Waals surface area (Å²) < 4.78 is 1.58. The van der Waals surface area contributed by atoms with Gasteiger partial charge in [-0.1, -0.05) is 42.5 Å². The molecule has 36 heavy (non-hydrogen) atoms. The van der Waals surface area contributed by atoms with Gasteiger partial charge >= 0.3 is 0 Å². The molecule has 2 aromatic carbocycles. The molecular weight excluding hydrogens is 452 g/mol. The first kappa shape index (κ1) is 25.0. The van der Waals surface area contributed by atoms with Gasteiger partial charge in [0.2, 0.25) is 11.8 Å². The van der Waals surface area contributed by atoms with Crippen molar-refractivity contribution < 1.29 is 9.59 Å². The number of nitrogens with zero attached hydrogens (tertiary/aromatic N) is 5. The third-order valence-corrected chi connectivity index (χ3v) is 6.53. The lowest BCUT2D eigenvalue weighted by atomic mass is 9.97. The van der Waals surface area contributed by atoms with Crippen LogP contribution in [0.3, 0.4) is 0 Å². The minimum Gasteiger partial charge on any atom is -0.349 e. The highest BCUT2D eigenvalue weighted by Crippen LogP contribution is 2.34. The summed E-state index contributed by atoms with van der Waals surface area (Å²) in [6.45, 7) is 9.80. The van der Waals surface area contributed by atoms with Gasteiger partial charge in [0.1, 0.15) is 18.1 Å². The number of aryl methyl sites for hydroxylation is 2. The van der Waals surface area contributed by atoms with Crippen LogP contribution in [0.25, 0.3) is 11.0 Å². The summed E-state index contributed by atoms with van der Waals surface area (Å²) in [4.78, 5) is 33.8. The molecule has 0 unspecified atom stereocenters. The molecule has 0 aliphatic carbocycles. The lowest BCUT2D eigenvalue weighted by Gasteiger charge is -2.36. The van der Waals surface area contributed by atoms with Crippen molar-refractivity contribution in [2.75, 3.05) is 4.90 Å². The smallest absolute Gasteiger partial charge is 0.249 e. The van der Waals surface area contributed by atoms with Crippen LogP contribution >= 0.6 is 0 Å². The Balaban J connectivity index is 1.86.